The van der Waals surface area contributed by atoms with E-state index in [0.29, 0.717) is 18.1 Å². The number of benzene rings is 2. The number of para-hydroxylation sites is 1. The molecule has 4 rings (SSSR count). The quantitative estimate of drug-likeness (QED) is 0.677. The van der Waals surface area contributed by atoms with Crippen molar-refractivity contribution in [3.63, 3.8) is 0 Å². The predicted octanol–water partition coefficient (Wildman–Crippen LogP) is 3.13. The number of rotatable bonds is 6. The number of carbonyl (C=O) groups excluding carboxylic acids is 2. The van der Waals surface area contributed by atoms with Crippen molar-refractivity contribution in [1.29, 1.82) is 0 Å². The minimum absolute atomic E-state index is 0.0474. The molecule has 2 heterocycles. The maximum Gasteiger partial charge on any atom is 0.231 e. The monoisotopic (exact) mass is 408 g/mol. The molecule has 1 aliphatic rings. The summed E-state index contributed by atoms with van der Waals surface area (Å²) in [7, 11) is 1.63. The van der Waals surface area contributed by atoms with Gasteiger partial charge in [0.05, 0.1) is 13.0 Å². The van der Waals surface area contributed by atoms with Crippen molar-refractivity contribution in [2.24, 2.45) is 5.92 Å². The molecule has 1 unspecified atom stereocenters. The molecule has 0 aliphatic carbocycles. The highest BCUT2D eigenvalue weighted by atomic mass is 32.1. The molecule has 1 aliphatic heterocycles. The van der Waals surface area contributed by atoms with Crippen LogP contribution in [0, 0.1) is 5.92 Å². The van der Waals surface area contributed by atoms with Gasteiger partial charge in [0, 0.05) is 25.1 Å². The number of hydrogen-bond donors (Lipinski definition) is 1. The average molecular weight is 408 g/mol. The zero-order chi connectivity index (χ0) is 20.2. The van der Waals surface area contributed by atoms with Gasteiger partial charge in [0.1, 0.15) is 10.8 Å². The maximum absolute atomic E-state index is 12.6. The Balaban J connectivity index is 1.36. The van der Waals surface area contributed by atoms with Crippen LogP contribution in [-0.4, -0.2) is 35.7 Å². The SMILES string of the molecule is COc1ccc(Cc2nnc(NC(=O)C3CC(=O)N(c4ccccc4)C3)s2)cc1. The van der Waals surface area contributed by atoms with Crippen LogP contribution in [0.25, 0.3) is 0 Å². The number of nitrogens with zero attached hydrogens (tertiary/aromatic N) is 3. The van der Waals surface area contributed by atoms with Gasteiger partial charge in [-0.1, -0.05) is 41.7 Å². The third-order valence-electron chi connectivity index (χ3n) is 4.78. The molecular weight excluding hydrogens is 388 g/mol. The number of anilines is 2. The fourth-order valence-corrected chi connectivity index (χ4v) is 4.02. The molecule has 29 heavy (non-hydrogen) atoms. The summed E-state index contributed by atoms with van der Waals surface area (Å²) in [5.41, 5.74) is 1.89. The molecule has 7 nitrogen and oxygen atoms in total. The van der Waals surface area contributed by atoms with E-state index in [0.717, 1.165) is 22.0 Å². The van der Waals surface area contributed by atoms with Gasteiger partial charge in [-0.3, -0.25) is 9.59 Å². The minimum atomic E-state index is -0.406. The third kappa shape index (κ3) is 4.43. The van der Waals surface area contributed by atoms with E-state index >= 15 is 0 Å². The zero-order valence-corrected chi connectivity index (χ0v) is 16.7. The van der Waals surface area contributed by atoms with Crippen LogP contribution in [0.5, 0.6) is 5.75 Å². The van der Waals surface area contributed by atoms with E-state index in [1.165, 1.54) is 11.3 Å². The fraction of sp³-hybridized carbons (Fsp3) is 0.238. The van der Waals surface area contributed by atoms with Gasteiger partial charge in [-0.05, 0) is 29.8 Å². The first-order chi connectivity index (χ1) is 14.1. The van der Waals surface area contributed by atoms with Crippen molar-refractivity contribution in [1.82, 2.24) is 10.2 Å². The molecule has 3 aromatic rings. The summed E-state index contributed by atoms with van der Waals surface area (Å²) in [4.78, 5) is 26.6. The molecule has 1 atom stereocenters. The number of aromatic nitrogens is 2. The van der Waals surface area contributed by atoms with Crippen molar-refractivity contribution in [3.8, 4) is 5.75 Å². The lowest BCUT2D eigenvalue weighted by atomic mass is 10.1. The standard InChI is InChI=1S/C21H20N4O3S/c1-28-17-9-7-14(8-10-17)11-18-23-24-21(29-18)22-20(27)15-12-19(26)25(13-15)16-5-3-2-4-6-16/h2-10,15H,11-13H2,1H3,(H,22,24,27). The number of methoxy groups -OCH3 is 1. The Hall–Kier alpha value is -3.26. The molecule has 1 N–H and O–H groups in total. The van der Waals surface area contributed by atoms with Crippen LogP contribution in [-0.2, 0) is 16.0 Å². The Morgan fingerprint density at radius 2 is 1.93 bits per heavy atom. The van der Waals surface area contributed by atoms with Gasteiger partial charge in [0.25, 0.3) is 0 Å². The number of amides is 2. The van der Waals surface area contributed by atoms with Crippen LogP contribution in [0.3, 0.4) is 0 Å². The second-order valence-corrected chi connectivity index (χ2v) is 7.82. The maximum atomic E-state index is 12.6. The smallest absolute Gasteiger partial charge is 0.231 e. The Labute approximate surface area is 172 Å². The van der Waals surface area contributed by atoms with Crippen LogP contribution >= 0.6 is 11.3 Å². The molecule has 1 fully saturated rings. The van der Waals surface area contributed by atoms with E-state index in [-0.39, 0.29) is 18.2 Å². The van der Waals surface area contributed by atoms with E-state index in [1.54, 1.807) is 12.0 Å². The zero-order valence-electron chi connectivity index (χ0n) is 15.9. The number of hydrogen-bond acceptors (Lipinski definition) is 6. The lowest BCUT2D eigenvalue weighted by molar-refractivity contribution is -0.122. The van der Waals surface area contributed by atoms with Crippen LogP contribution in [0.2, 0.25) is 0 Å². The van der Waals surface area contributed by atoms with E-state index in [1.807, 2.05) is 54.6 Å². The van der Waals surface area contributed by atoms with Gasteiger partial charge in [-0.15, -0.1) is 10.2 Å². The molecule has 1 saturated heterocycles. The summed E-state index contributed by atoms with van der Waals surface area (Å²) in [5, 5.41) is 12.3. The van der Waals surface area contributed by atoms with Crippen molar-refractivity contribution in [3.05, 3.63) is 65.2 Å². The number of nitrogens with one attached hydrogen (secondary N) is 1. The highest BCUT2D eigenvalue weighted by Gasteiger charge is 2.35. The first-order valence-corrected chi connectivity index (χ1v) is 10.1. The van der Waals surface area contributed by atoms with Gasteiger partial charge >= 0.3 is 0 Å². The molecule has 1 aromatic heterocycles. The third-order valence-corrected chi connectivity index (χ3v) is 5.61. The largest absolute Gasteiger partial charge is 0.497 e. The highest BCUT2D eigenvalue weighted by molar-refractivity contribution is 7.15. The second-order valence-electron chi connectivity index (χ2n) is 6.76. The van der Waals surface area contributed by atoms with Crippen molar-refractivity contribution < 1.29 is 14.3 Å². The van der Waals surface area contributed by atoms with E-state index in [2.05, 4.69) is 15.5 Å². The highest BCUT2D eigenvalue weighted by Crippen LogP contribution is 2.26. The summed E-state index contributed by atoms with van der Waals surface area (Å²) < 4.78 is 5.16. The van der Waals surface area contributed by atoms with Crippen molar-refractivity contribution >= 4 is 34.0 Å². The molecule has 0 radical (unpaired) electrons. The molecular formula is C21H20N4O3S. The summed E-state index contributed by atoms with van der Waals surface area (Å²) in [6.07, 6.45) is 0.819. The first kappa shape index (κ1) is 19.1. The Morgan fingerprint density at radius 3 is 2.66 bits per heavy atom. The van der Waals surface area contributed by atoms with E-state index < -0.39 is 5.92 Å². The fourth-order valence-electron chi connectivity index (χ4n) is 3.24. The molecule has 148 valence electrons. The van der Waals surface area contributed by atoms with Crippen LogP contribution in [0.4, 0.5) is 10.8 Å². The van der Waals surface area contributed by atoms with Gasteiger partial charge in [-0.25, -0.2) is 0 Å². The van der Waals surface area contributed by atoms with Crippen LogP contribution < -0.4 is 15.0 Å². The molecule has 2 aromatic carbocycles. The van der Waals surface area contributed by atoms with Crippen molar-refractivity contribution in [2.75, 3.05) is 23.9 Å². The normalized spacial score (nSPS) is 16.1. The Kier molecular flexibility index (Phi) is 5.53. The summed E-state index contributed by atoms with van der Waals surface area (Å²) in [6, 6.07) is 17.1. The van der Waals surface area contributed by atoms with E-state index in [4.69, 9.17) is 4.74 Å². The molecule has 0 spiro atoms. The van der Waals surface area contributed by atoms with Crippen LogP contribution in [0.1, 0.15) is 17.0 Å². The lowest BCUT2D eigenvalue weighted by Crippen LogP contribution is -2.28. The number of ether oxygens (including phenoxy) is 1. The van der Waals surface area contributed by atoms with Gasteiger partial charge < -0.3 is 15.0 Å². The summed E-state index contributed by atoms with van der Waals surface area (Å²) in [5.74, 6) is 0.143. The van der Waals surface area contributed by atoms with Gasteiger partial charge in [0.2, 0.25) is 16.9 Å². The molecule has 0 bridgehead atoms. The lowest BCUT2D eigenvalue weighted by Gasteiger charge is -2.16. The Morgan fingerprint density at radius 1 is 1.17 bits per heavy atom. The minimum Gasteiger partial charge on any atom is -0.497 e. The van der Waals surface area contributed by atoms with Crippen molar-refractivity contribution in [2.45, 2.75) is 12.8 Å². The van der Waals surface area contributed by atoms with Crippen LogP contribution in [0.15, 0.2) is 54.6 Å². The topological polar surface area (TPSA) is 84.4 Å². The van der Waals surface area contributed by atoms with Gasteiger partial charge in [0.15, 0.2) is 0 Å². The second kappa shape index (κ2) is 8.40. The Bertz CT molecular complexity index is 1000. The van der Waals surface area contributed by atoms with E-state index in [9.17, 15) is 9.59 Å². The predicted molar refractivity (Wildman–Crippen MR) is 111 cm³/mol. The number of carbonyl (C=O) groups is 2. The summed E-state index contributed by atoms with van der Waals surface area (Å²) >= 11 is 1.34. The molecule has 2 amide bonds. The first-order valence-electron chi connectivity index (χ1n) is 9.24. The summed E-state index contributed by atoms with van der Waals surface area (Å²) in [6.45, 7) is 0.367. The van der Waals surface area contributed by atoms with Gasteiger partial charge in [-0.2, -0.15) is 0 Å². The molecule has 0 saturated carbocycles. The average Bonchev–Trinajstić information content (AvgIpc) is 3.35. The molecule has 8 heteroatoms.